The minimum absolute atomic E-state index is 0.832. The van der Waals surface area contributed by atoms with Crippen molar-refractivity contribution >= 4 is 5.82 Å². The van der Waals surface area contributed by atoms with Crippen LogP contribution in [0.15, 0.2) is 18.3 Å². The zero-order valence-corrected chi connectivity index (χ0v) is 10.3. The highest BCUT2D eigenvalue weighted by Gasteiger charge is 1.96. The molecule has 1 aromatic heterocycles. The van der Waals surface area contributed by atoms with Gasteiger partial charge in [0, 0.05) is 26.0 Å². The Balaban J connectivity index is 2.05. The zero-order chi connectivity index (χ0) is 11.6. The number of ether oxygens (including phenoxy) is 1. The summed E-state index contributed by atoms with van der Waals surface area (Å²) in [5.41, 5.74) is 1.19. The zero-order valence-electron chi connectivity index (χ0n) is 10.3. The van der Waals surface area contributed by atoms with Crippen LogP contribution in [-0.2, 0) is 4.74 Å². The van der Waals surface area contributed by atoms with Gasteiger partial charge in [0.15, 0.2) is 0 Å². The molecule has 0 saturated carbocycles. The van der Waals surface area contributed by atoms with Crippen molar-refractivity contribution < 1.29 is 4.74 Å². The van der Waals surface area contributed by atoms with Gasteiger partial charge in [-0.25, -0.2) is 4.98 Å². The molecule has 0 aliphatic heterocycles. The molecule has 1 heterocycles. The lowest BCUT2D eigenvalue weighted by molar-refractivity contribution is 0.131. The SMILES string of the molecule is CCCCOCCCNc1ncccc1C. The quantitative estimate of drug-likeness (QED) is 0.686. The van der Waals surface area contributed by atoms with Crippen LogP contribution in [0.3, 0.4) is 0 Å². The number of rotatable bonds is 8. The molecular weight excluding hydrogens is 200 g/mol. The number of pyridine rings is 1. The second-order valence-electron chi connectivity index (χ2n) is 3.92. The molecule has 1 N–H and O–H groups in total. The molecule has 0 fully saturated rings. The topological polar surface area (TPSA) is 34.1 Å². The Morgan fingerprint density at radius 1 is 1.31 bits per heavy atom. The van der Waals surface area contributed by atoms with Crippen LogP contribution in [0.25, 0.3) is 0 Å². The Morgan fingerprint density at radius 2 is 2.12 bits per heavy atom. The lowest BCUT2D eigenvalue weighted by Gasteiger charge is -2.08. The summed E-state index contributed by atoms with van der Waals surface area (Å²) in [6.07, 6.45) is 5.20. The second-order valence-corrected chi connectivity index (χ2v) is 3.92. The molecule has 0 saturated heterocycles. The van der Waals surface area contributed by atoms with Crippen LogP contribution in [0.4, 0.5) is 5.82 Å². The van der Waals surface area contributed by atoms with E-state index in [0.29, 0.717) is 0 Å². The predicted octanol–water partition coefficient (Wildman–Crippen LogP) is 3.01. The minimum Gasteiger partial charge on any atom is -0.381 e. The summed E-state index contributed by atoms with van der Waals surface area (Å²) in [6.45, 7) is 6.88. The van der Waals surface area contributed by atoms with Crippen molar-refractivity contribution in [2.24, 2.45) is 0 Å². The monoisotopic (exact) mass is 222 g/mol. The predicted molar refractivity (Wildman–Crippen MR) is 67.8 cm³/mol. The molecule has 0 radical (unpaired) electrons. The summed E-state index contributed by atoms with van der Waals surface area (Å²) < 4.78 is 5.48. The fourth-order valence-electron chi connectivity index (χ4n) is 1.40. The molecule has 0 bridgehead atoms. The lowest BCUT2D eigenvalue weighted by Crippen LogP contribution is -2.08. The van der Waals surface area contributed by atoms with Crippen LogP contribution in [0.2, 0.25) is 0 Å². The summed E-state index contributed by atoms with van der Waals surface area (Å²) in [6, 6.07) is 4.02. The van der Waals surface area contributed by atoms with Crippen molar-refractivity contribution in [1.82, 2.24) is 4.98 Å². The lowest BCUT2D eigenvalue weighted by atomic mass is 10.3. The number of unbranched alkanes of at least 4 members (excludes halogenated alkanes) is 1. The Kier molecular flexibility index (Phi) is 6.58. The molecule has 3 nitrogen and oxygen atoms in total. The van der Waals surface area contributed by atoms with E-state index in [1.54, 1.807) is 0 Å². The molecule has 0 unspecified atom stereocenters. The van der Waals surface area contributed by atoms with Crippen molar-refractivity contribution in [3.8, 4) is 0 Å². The molecule has 1 rings (SSSR count). The van der Waals surface area contributed by atoms with Crippen LogP contribution in [-0.4, -0.2) is 24.7 Å². The fourth-order valence-corrected chi connectivity index (χ4v) is 1.40. The molecular formula is C13H22N2O. The van der Waals surface area contributed by atoms with Gasteiger partial charge in [-0.2, -0.15) is 0 Å². The molecule has 0 aliphatic rings. The molecule has 0 aromatic carbocycles. The first-order valence-corrected chi connectivity index (χ1v) is 6.08. The highest BCUT2D eigenvalue weighted by Crippen LogP contribution is 2.08. The summed E-state index contributed by atoms with van der Waals surface area (Å²) in [5, 5.41) is 3.31. The summed E-state index contributed by atoms with van der Waals surface area (Å²) >= 11 is 0. The molecule has 3 heteroatoms. The van der Waals surface area contributed by atoms with Crippen molar-refractivity contribution in [2.45, 2.75) is 33.1 Å². The van der Waals surface area contributed by atoms with Gasteiger partial charge in [0.2, 0.25) is 0 Å². The van der Waals surface area contributed by atoms with Crippen LogP contribution < -0.4 is 5.32 Å². The first-order valence-electron chi connectivity index (χ1n) is 6.08. The van der Waals surface area contributed by atoms with E-state index in [4.69, 9.17) is 4.74 Å². The minimum atomic E-state index is 0.832. The number of nitrogens with one attached hydrogen (secondary N) is 1. The van der Waals surface area contributed by atoms with Gasteiger partial charge in [-0.3, -0.25) is 0 Å². The normalized spacial score (nSPS) is 10.4. The molecule has 16 heavy (non-hydrogen) atoms. The van der Waals surface area contributed by atoms with Gasteiger partial charge in [-0.05, 0) is 31.4 Å². The second kappa shape index (κ2) is 8.11. The average molecular weight is 222 g/mol. The number of hydrogen-bond acceptors (Lipinski definition) is 3. The van der Waals surface area contributed by atoms with Gasteiger partial charge in [0.05, 0.1) is 0 Å². The van der Waals surface area contributed by atoms with E-state index in [1.807, 2.05) is 12.3 Å². The maximum atomic E-state index is 5.48. The smallest absolute Gasteiger partial charge is 0.128 e. The van der Waals surface area contributed by atoms with Crippen molar-refractivity contribution in [3.05, 3.63) is 23.9 Å². The van der Waals surface area contributed by atoms with Gasteiger partial charge in [0.25, 0.3) is 0 Å². The third-order valence-electron chi connectivity index (χ3n) is 2.41. The highest BCUT2D eigenvalue weighted by atomic mass is 16.5. The molecule has 0 amide bonds. The number of aromatic nitrogens is 1. The van der Waals surface area contributed by atoms with Crippen LogP contribution in [0.5, 0.6) is 0 Å². The summed E-state index contributed by atoms with van der Waals surface area (Å²) in [5.74, 6) is 0.982. The van der Waals surface area contributed by atoms with E-state index in [-0.39, 0.29) is 0 Å². The maximum Gasteiger partial charge on any atom is 0.128 e. The van der Waals surface area contributed by atoms with E-state index in [2.05, 4.69) is 30.2 Å². The molecule has 1 aromatic rings. The maximum absolute atomic E-state index is 5.48. The third kappa shape index (κ3) is 5.12. The van der Waals surface area contributed by atoms with Gasteiger partial charge >= 0.3 is 0 Å². The molecule has 0 aliphatic carbocycles. The summed E-state index contributed by atoms with van der Waals surface area (Å²) in [7, 11) is 0. The highest BCUT2D eigenvalue weighted by molar-refractivity contribution is 5.42. The Labute approximate surface area is 98.2 Å². The summed E-state index contributed by atoms with van der Waals surface area (Å²) in [4.78, 5) is 4.27. The van der Waals surface area contributed by atoms with Gasteiger partial charge in [-0.15, -0.1) is 0 Å². The van der Waals surface area contributed by atoms with Crippen LogP contribution in [0.1, 0.15) is 31.7 Å². The Bertz CT molecular complexity index is 289. The number of nitrogens with zero attached hydrogens (tertiary/aromatic N) is 1. The molecule has 0 atom stereocenters. The first-order chi connectivity index (χ1) is 7.84. The van der Waals surface area contributed by atoms with Crippen molar-refractivity contribution in [1.29, 1.82) is 0 Å². The van der Waals surface area contributed by atoms with Crippen molar-refractivity contribution in [2.75, 3.05) is 25.1 Å². The average Bonchev–Trinajstić information content (AvgIpc) is 2.30. The van der Waals surface area contributed by atoms with Gasteiger partial charge < -0.3 is 10.1 Å². The van der Waals surface area contributed by atoms with E-state index in [0.717, 1.165) is 38.4 Å². The van der Waals surface area contributed by atoms with E-state index in [1.165, 1.54) is 12.0 Å². The first kappa shape index (κ1) is 13.0. The Hall–Kier alpha value is -1.09. The third-order valence-corrected chi connectivity index (χ3v) is 2.41. The van der Waals surface area contributed by atoms with E-state index >= 15 is 0 Å². The van der Waals surface area contributed by atoms with Gasteiger partial charge in [-0.1, -0.05) is 19.4 Å². The largest absolute Gasteiger partial charge is 0.381 e. The molecule has 90 valence electrons. The molecule has 0 spiro atoms. The number of hydrogen-bond donors (Lipinski definition) is 1. The van der Waals surface area contributed by atoms with E-state index in [9.17, 15) is 0 Å². The van der Waals surface area contributed by atoms with E-state index < -0.39 is 0 Å². The fraction of sp³-hybridized carbons (Fsp3) is 0.615. The van der Waals surface area contributed by atoms with Gasteiger partial charge in [0.1, 0.15) is 5.82 Å². The number of aryl methyl sites for hydroxylation is 1. The standard InChI is InChI=1S/C13H22N2O/c1-3-4-10-16-11-6-9-15-13-12(2)7-5-8-14-13/h5,7-8H,3-4,6,9-11H2,1-2H3,(H,14,15). The van der Waals surface area contributed by atoms with Crippen molar-refractivity contribution in [3.63, 3.8) is 0 Å². The Morgan fingerprint density at radius 3 is 2.88 bits per heavy atom. The van der Waals surface area contributed by atoms with Crippen LogP contribution in [0, 0.1) is 6.92 Å². The number of anilines is 1. The van der Waals surface area contributed by atoms with Crippen LogP contribution >= 0.6 is 0 Å².